The van der Waals surface area contributed by atoms with Gasteiger partial charge in [0, 0.05) is 6.20 Å². The third-order valence-corrected chi connectivity index (χ3v) is 7.25. The first-order valence-electron chi connectivity index (χ1n) is 8.00. The number of pyridine rings is 1. The molecule has 2 atom stereocenters. The number of hydrogen-bond acceptors (Lipinski definition) is 5. The van der Waals surface area contributed by atoms with Crippen molar-refractivity contribution < 1.29 is 17.9 Å². The maximum atomic E-state index is 12.4. The van der Waals surface area contributed by atoms with Crippen molar-refractivity contribution in [3.05, 3.63) is 24.0 Å². The fourth-order valence-electron chi connectivity index (χ4n) is 3.89. The highest BCUT2D eigenvalue weighted by atomic mass is 32.2. The molecule has 0 bridgehead atoms. The number of carbonyl (C=O) groups is 1. The minimum Gasteiger partial charge on any atom is -0.468 e. The zero-order valence-corrected chi connectivity index (χ0v) is 13.8. The van der Waals surface area contributed by atoms with Crippen LogP contribution < -0.4 is 4.72 Å². The van der Waals surface area contributed by atoms with Crippen LogP contribution in [0.3, 0.4) is 0 Å². The summed E-state index contributed by atoms with van der Waals surface area (Å²) in [5.74, 6) is 0.926. The van der Waals surface area contributed by atoms with E-state index in [0.29, 0.717) is 30.4 Å². The highest BCUT2D eigenvalue weighted by Gasteiger charge is 2.59. The minimum atomic E-state index is -3.33. The van der Waals surface area contributed by atoms with Crippen LogP contribution in [0.5, 0.6) is 0 Å². The molecule has 23 heavy (non-hydrogen) atoms. The molecule has 0 saturated heterocycles. The second-order valence-corrected chi connectivity index (χ2v) is 9.01. The molecule has 1 aromatic rings. The Morgan fingerprint density at radius 3 is 2.61 bits per heavy atom. The van der Waals surface area contributed by atoms with Gasteiger partial charge in [-0.15, -0.1) is 0 Å². The molecule has 3 fully saturated rings. The number of anilines is 1. The van der Waals surface area contributed by atoms with Gasteiger partial charge in [0.1, 0.15) is 0 Å². The van der Waals surface area contributed by atoms with Gasteiger partial charge in [0.25, 0.3) is 0 Å². The van der Waals surface area contributed by atoms with Crippen molar-refractivity contribution in [2.24, 2.45) is 11.8 Å². The number of ether oxygens (including phenoxy) is 1. The summed E-state index contributed by atoms with van der Waals surface area (Å²) < 4.78 is 31.8. The van der Waals surface area contributed by atoms with Gasteiger partial charge in [-0.25, -0.2) is 8.42 Å². The zero-order chi connectivity index (χ0) is 16.2. The van der Waals surface area contributed by atoms with E-state index >= 15 is 0 Å². The SMILES string of the molecule is COC(=O)C1(c2cncc(NS(=O)(=O)C3CC3)c2)CC2CC2C1. The Hall–Kier alpha value is -1.63. The van der Waals surface area contributed by atoms with Crippen LogP contribution in [0.1, 0.15) is 37.7 Å². The first-order chi connectivity index (χ1) is 10.9. The average Bonchev–Trinajstić information content (AvgIpc) is 3.45. The Labute approximate surface area is 135 Å². The molecule has 0 spiro atoms. The molecule has 1 aromatic heterocycles. The summed E-state index contributed by atoms with van der Waals surface area (Å²) >= 11 is 0. The summed E-state index contributed by atoms with van der Waals surface area (Å²) in [5, 5.41) is -0.292. The lowest BCUT2D eigenvalue weighted by Gasteiger charge is -2.28. The largest absolute Gasteiger partial charge is 0.468 e. The molecule has 3 aliphatic carbocycles. The van der Waals surface area contributed by atoms with Gasteiger partial charge in [0.15, 0.2) is 0 Å². The van der Waals surface area contributed by atoms with Crippen LogP contribution in [0.4, 0.5) is 5.69 Å². The number of rotatable bonds is 5. The van der Waals surface area contributed by atoms with Gasteiger partial charge in [0.2, 0.25) is 10.0 Å². The Bertz CT molecular complexity index is 747. The standard InChI is InChI=1S/C16H20N2O4S/c1-22-15(19)16(6-10-4-11(10)7-16)12-5-13(9-17-8-12)18-23(20,21)14-2-3-14/h5,8-11,14,18H,2-4,6-7H2,1H3. The number of sulfonamides is 1. The second kappa shape index (κ2) is 4.93. The van der Waals surface area contributed by atoms with Crippen molar-refractivity contribution in [3.63, 3.8) is 0 Å². The van der Waals surface area contributed by atoms with Crippen molar-refractivity contribution in [1.29, 1.82) is 0 Å². The van der Waals surface area contributed by atoms with Crippen LogP contribution >= 0.6 is 0 Å². The number of esters is 1. The molecule has 3 saturated carbocycles. The van der Waals surface area contributed by atoms with Crippen molar-refractivity contribution in [2.75, 3.05) is 11.8 Å². The summed E-state index contributed by atoms with van der Waals surface area (Å²) in [4.78, 5) is 16.6. The topological polar surface area (TPSA) is 85.4 Å². The molecule has 4 rings (SSSR count). The quantitative estimate of drug-likeness (QED) is 0.829. The lowest BCUT2D eigenvalue weighted by atomic mass is 9.77. The maximum Gasteiger partial charge on any atom is 0.316 e. The van der Waals surface area contributed by atoms with E-state index in [2.05, 4.69) is 9.71 Å². The van der Waals surface area contributed by atoms with Crippen molar-refractivity contribution in [2.45, 2.75) is 42.8 Å². The predicted molar refractivity (Wildman–Crippen MR) is 84.3 cm³/mol. The van der Waals surface area contributed by atoms with Gasteiger partial charge in [-0.1, -0.05) is 0 Å². The van der Waals surface area contributed by atoms with Gasteiger partial charge in [0.05, 0.1) is 29.7 Å². The van der Waals surface area contributed by atoms with Crippen LogP contribution in [0.25, 0.3) is 0 Å². The predicted octanol–water partition coefficient (Wildman–Crippen LogP) is 1.83. The van der Waals surface area contributed by atoms with E-state index in [0.717, 1.165) is 18.4 Å². The lowest BCUT2D eigenvalue weighted by molar-refractivity contribution is -0.147. The summed E-state index contributed by atoms with van der Waals surface area (Å²) in [6, 6.07) is 1.74. The Kier molecular flexibility index (Phi) is 3.20. The number of aromatic nitrogens is 1. The molecule has 0 radical (unpaired) electrons. The molecule has 0 aliphatic heterocycles. The first-order valence-corrected chi connectivity index (χ1v) is 9.55. The summed E-state index contributed by atoms with van der Waals surface area (Å²) in [6.45, 7) is 0. The number of carbonyl (C=O) groups excluding carboxylic acids is 1. The van der Waals surface area contributed by atoms with Crippen LogP contribution in [0, 0.1) is 11.8 Å². The molecule has 6 nitrogen and oxygen atoms in total. The molecular formula is C16H20N2O4S. The third-order valence-electron chi connectivity index (χ3n) is 5.38. The van der Waals surface area contributed by atoms with E-state index < -0.39 is 15.4 Å². The van der Waals surface area contributed by atoms with Gasteiger partial charge in [-0.3, -0.25) is 14.5 Å². The Morgan fingerprint density at radius 1 is 1.30 bits per heavy atom. The molecule has 0 aromatic carbocycles. The van der Waals surface area contributed by atoms with Gasteiger partial charge < -0.3 is 4.74 Å². The van der Waals surface area contributed by atoms with E-state index in [9.17, 15) is 13.2 Å². The van der Waals surface area contributed by atoms with Crippen LogP contribution in [-0.4, -0.2) is 31.7 Å². The molecule has 124 valence electrons. The number of hydrogen-bond donors (Lipinski definition) is 1. The fraction of sp³-hybridized carbons (Fsp3) is 0.625. The molecule has 1 N–H and O–H groups in total. The number of fused-ring (bicyclic) bond motifs is 1. The zero-order valence-electron chi connectivity index (χ0n) is 13.0. The number of nitrogens with zero attached hydrogens (tertiary/aromatic N) is 1. The van der Waals surface area contributed by atoms with Gasteiger partial charge in [-0.05, 0) is 55.6 Å². The average molecular weight is 336 g/mol. The molecule has 3 aliphatic rings. The molecular weight excluding hydrogens is 316 g/mol. The number of nitrogens with one attached hydrogen (secondary N) is 1. The highest BCUT2D eigenvalue weighted by Crippen LogP contribution is 2.61. The highest BCUT2D eigenvalue weighted by molar-refractivity contribution is 7.93. The maximum absolute atomic E-state index is 12.4. The van der Waals surface area contributed by atoms with E-state index in [1.807, 2.05) is 0 Å². The van der Waals surface area contributed by atoms with E-state index in [1.54, 1.807) is 12.3 Å². The monoisotopic (exact) mass is 336 g/mol. The van der Waals surface area contributed by atoms with Gasteiger partial charge in [-0.2, -0.15) is 0 Å². The summed E-state index contributed by atoms with van der Waals surface area (Å²) in [6.07, 6.45) is 7.28. The van der Waals surface area contributed by atoms with E-state index in [1.165, 1.54) is 19.7 Å². The smallest absolute Gasteiger partial charge is 0.316 e. The summed E-state index contributed by atoms with van der Waals surface area (Å²) in [5.41, 5.74) is 0.516. The second-order valence-electron chi connectivity index (χ2n) is 7.05. The molecule has 1 heterocycles. The Balaban J connectivity index is 1.65. The van der Waals surface area contributed by atoms with Crippen molar-refractivity contribution in [1.82, 2.24) is 4.98 Å². The lowest BCUT2D eigenvalue weighted by Crippen LogP contribution is -2.36. The van der Waals surface area contributed by atoms with Crippen LogP contribution in [0.15, 0.2) is 18.5 Å². The summed E-state index contributed by atoms with van der Waals surface area (Å²) in [7, 11) is -1.93. The fourth-order valence-corrected chi connectivity index (χ4v) is 5.25. The number of methoxy groups -OCH3 is 1. The third kappa shape index (κ3) is 2.51. The van der Waals surface area contributed by atoms with Crippen molar-refractivity contribution in [3.8, 4) is 0 Å². The first kappa shape index (κ1) is 14.9. The van der Waals surface area contributed by atoms with Crippen molar-refractivity contribution >= 4 is 21.7 Å². The van der Waals surface area contributed by atoms with Crippen LogP contribution in [-0.2, 0) is 25.0 Å². The molecule has 2 unspecified atom stereocenters. The molecule has 7 heteroatoms. The normalized spacial score (nSPS) is 32.2. The van der Waals surface area contributed by atoms with Gasteiger partial charge >= 0.3 is 5.97 Å². The molecule has 0 amide bonds. The van der Waals surface area contributed by atoms with E-state index in [-0.39, 0.29) is 11.2 Å². The van der Waals surface area contributed by atoms with Crippen LogP contribution in [0.2, 0.25) is 0 Å². The Morgan fingerprint density at radius 2 is 2.00 bits per heavy atom. The minimum absolute atomic E-state index is 0.242. The van der Waals surface area contributed by atoms with E-state index in [4.69, 9.17) is 4.74 Å².